The summed E-state index contributed by atoms with van der Waals surface area (Å²) in [6.07, 6.45) is 0. The number of aromatic carboxylic acids is 1. The summed E-state index contributed by atoms with van der Waals surface area (Å²) in [5, 5.41) is 9.63. The van der Waals surface area contributed by atoms with Gasteiger partial charge in [-0.25, -0.2) is 4.79 Å². The number of hydrogen-bond acceptors (Lipinski definition) is 2. The molecule has 0 bridgehead atoms. The molecule has 4 heteroatoms. The molecule has 2 rings (SSSR count). The van der Waals surface area contributed by atoms with E-state index in [1.165, 1.54) is 0 Å². The van der Waals surface area contributed by atoms with Crippen molar-refractivity contribution < 1.29 is 14.6 Å². The molecule has 0 aliphatic carbocycles. The lowest BCUT2D eigenvalue weighted by atomic mass is 10.1. The molecule has 104 valence electrons. The van der Waals surface area contributed by atoms with Crippen LogP contribution in [0, 0.1) is 13.8 Å². The van der Waals surface area contributed by atoms with Crippen LogP contribution in [0.3, 0.4) is 0 Å². The van der Waals surface area contributed by atoms with E-state index in [1.807, 2.05) is 26.0 Å². The molecule has 0 fully saturated rings. The Hall–Kier alpha value is -2.00. The van der Waals surface area contributed by atoms with E-state index in [-0.39, 0.29) is 5.56 Å². The van der Waals surface area contributed by atoms with E-state index in [9.17, 15) is 4.79 Å². The second kappa shape index (κ2) is 5.97. The van der Waals surface area contributed by atoms with Crippen molar-refractivity contribution in [3.63, 3.8) is 0 Å². The van der Waals surface area contributed by atoms with Crippen LogP contribution < -0.4 is 4.74 Å². The summed E-state index contributed by atoms with van der Waals surface area (Å²) < 4.78 is 5.70. The zero-order valence-corrected chi connectivity index (χ0v) is 12.1. The van der Waals surface area contributed by atoms with Gasteiger partial charge in [-0.15, -0.1) is 0 Å². The zero-order valence-electron chi connectivity index (χ0n) is 11.3. The molecule has 0 unspecified atom stereocenters. The number of hydrogen-bond donors (Lipinski definition) is 1. The van der Waals surface area contributed by atoms with Crippen molar-refractivity contribution in [3.05, 3.63) is 63.7 Å². The molecule has 0 aliphatic rings. The van der Waals surface area contributed by atoms with Crippen LogP contribution in [-0.2, 0) is 6.61 Å². The molecular formula is C16H15ClO3. The van der Waals surface area contributed by atoms with Crippen molar-refractivity contribution in [2.75, 3.05) is 0 Å². The predicted molar refractivity (Wildman–Crippen MR) is 78.7 cm³/mol. The third-order valence-electron chi connectivity index (χ3n) is 3.11. The van der Waals surface area contributed by atoms with Gasteiger partial charge in [0.05, 0.1) is 5.56 Å². The molecule has 0 saturated heterocycles. The van der Waals surface area contributed by atoms with Gasteiger partial charge in [-0.05, 0) is 60.9 Å². The average molecular weight is 291 g/mol. The maximum Gasteiger partial charge on any atom is 0.335 e. The van der Waals surface area contributed by atoms with E-state index in [4.69, 9.17) is 21.4 Å². The minimum Gasteiger partial charge on any atom is -0.489 e. The first kappa shape index (κ1) is 14.4. The SMILES string of the molecule is Cc1cc(OCc2ccc(C(=O)O)cc2C)ccc1Cl. The van der Waals surface area contributed by atoms with E-state index in [0.29, 0.717) is 11.6 Å². The third kappa shape index (κ3) is 3.31. The molecule has 0 aromatic heterocycles. The van der Waals surface area contributed by atoms with E-state index in [0.717, 1.165) is 22.4 Å². The minimum absolute atomic E-state index is 0.286. The Kier molecular flexibility index (Phi) is 4.30. The van der Waals surface area contributed by atoms with E-state index >= 15 is 0 Å². The van der Waals surface area contributed by atoms with Crippen molar-refractivity contribution >= 4 is 17.6 Å². The fourth-order valence-electron chi connectivity index (χ4n) is 1.86. The molecule has 2 aromatic carbocycles. The van der Waals surface area contributed by atoms with Crippen LogP contribution in [0.5, 0.6) is 5.75 Å². The van der Waals surface area contributed by atoms with E-state index in [2.05, 4.69) is 0 Å². The lowest BCUT2D eigenvalue weighted by molar-refractivity contribution is 0.0696. The Morgan fingerprint density at radius 2 is 1.90 bits per heavy atom. The first-order chi connectivity index (χ1) is 9.47. The number of benzene rings is 2. The van der Waals surface area contributed by atoms with Gasteiger partial charge in [0, 0.05) is 5.02 Å². The maximum atomic E-state index is 10.9. The molecule has 0 amide bonds. The summed E-state index contributed by atoms with van der Waals surface area (Å²) in [5.74, 6) is -0.178. The number of carbonyl (C=O) groups is 1. The first-order valence-corrected chi connectivity index (χ1v) is 6.57. The van der Waals surface area contributed by atoms with Gasteiger partial charge in [0.25, 0.3) is 0 Å². The minimum atomic E-state index is -0.922. The molecule has 2 aromatic rings. The monoisotopic (exact) mass is 290 g/mol. The van der Waals surface area contributed by atoms with Gasteiger partial charge in [0.15, 0.2) is 0 Å². The van der Waals surface area contributed by atoms with E-state index < -0.39 is 5.97 Å². The van der Waals surface area contributed by atoms with Crippen molar-refractivity contribution in [2.45, 2.75) is 20.5 Å². The summed E-state index contributed by atoms with van der Waals surface area (Å²) in [7, 11) is 0. The van der Waals surface area contributed by atoms with Crippen LogP contribution in [0.15, 0.2) is 36.4 Å². The van der Waals surface area contributed by atoms with Crippen LogP contribution in [0.4, 0.5) is 0 Å². The van der Waals surface area contributed by atoms with Crippen LogP contribution in [0.2, 0.25) is 5.02 Å². The van der Waals surface area contributed by atoms with Gasteiger partial charge in [-0.1, -0.05) is 17.7 Å². The largest absolute Gasteiger partial charge is 0.489 e. The number of rotatable bonds is 4. The molecule has 0 heterocycles. The van der Waals surface area contributed by atoms with Gasteiger partial charge >= 0.3 is 5.97 Å². The quantitative estimate of drug-likeness (QED) is 0.916. The maximum absolute atomic E-state index is 10.9. The van der Waals surface area contributed by atoms with Crippen LogP contribution in [-0.4, -0.2) is 11.1 Å². The van der Waals surface area contributed by atoms with Gasteiger partial charge in [-0.3, -0.25) is 0 Å². The Bertz CT molecular complexity index is 650. The van der Waals surface area contributed by atoms with Crippen LogP contribution >= 0.6 is 11.6 Å². The second-order valence-corrected chi connectivity index (χ2v) is 5.05. The highest BCUT2D eigenvalue weighted by Crippen LogP contribution is 2.22. The van der Waals surface area contributed by atoms with Crippen molar-refractivity contribution in [2.24, 2.45) is 0 Å². The molecular weight excluding hydrogens is 276 g/mol. The average Bonchev–Trinajstić information content (AvgIpc) is 2.41. The molecule has 0 aliphatic heterocycles. The molecule has 1 N–H and O–H groups in total. The number of aryl methyl sites for hydroxylation is 2. The highest BCUT2D eigenvalue weighted by Gasteiger charge is 2.06. The van der Waals surface area contributed by atoms with Crippen molar-refractivity contribution in [1.82, 2.24) is 0 Å². The van der Waals surface area contributed by atoms with Gasteiger partial charge in [-0.2, -0.15) is 0 Å². The fourth-order valence-corrected chi connectivity index (χ4v) is 1.98. The lowest BCUT2D eigenvalue weighted by Gasteiger charge is -2.10. The number of carboxylic acids is 1. The van der Waals surface area contributed by atoms with E-state index in [1.54, 1.807) is 24.3 Å². The molecule has 0 spiro atoms. The summed E-state index contributed by atoms with van der Waals surface area (Å²) in [6, 6.07) is 10.5. The number of carboxylic acid groups (broad SMARTS) is 1. The van der Waals surface area contributed by atoms with Crippen molar-refractivity contribution in [3.8, 4) is 5.75 Å². The Labute approximate surface area is 122 Å². The molecule has 20 heavy (non-hydrogen) atoms. The summed E-state index contributed by atoms with van der Waals surface area (Å²) in [5.41, 5.74) is 3.11. The summed E-state index contributed by atoms with van der Waals surface area (Å²) >= 11 is 5.96. The normalized spacial score (nSPS) is 10.3. The van der Waals surface area contributed by atoms with Gasteiger partial charge < -0.3 is 9.84 Å². The number of ether oxygens (including phenoxy) is 1. The Morgan fingerprint density at radius 3 is 2.50 bits per heavy atom. The molecule has 0 saturated carbocycles. The fraction of sp³-hybridized carbons (Fsp3) is 0.188. The molecule has 0 radical (unpaired) electrons. The smallest absolute Gasteiger partial charge is 0.335 e. The number of halogens is 1. The highest BCUT2D eigenvalue weighted by atomic mass is 35.5. The molecule has 3 nitrogen and oxygen atoms in total. The second-order valence-electron chi connectivity index (χ2n) is 4.65. The topological polar surface area (TPSA) is 46.5 Å². The van der Waals surface area contributed by atoms with Crippen LogP contribution in [0.25, 0.3) is 0 Å². The summed E-state index contributed by atoms with van der Waals surface area (Å²) in [4.78, 5) is 10.9. The highest BCUT2D eigenvalue weighted by molar-refractivity contribution is 6.31. The molecule has 0 atom stereocenters. The third-order valence-corrected chi connectivity index (χ3v) is 3.54. The van der Waals surface area contributed by atoms with Crippen molar-refractivity contribution in [1.29, 1.82) is 0 Å². The lowest BCUT2D eigenvalue weighted by Crippen LogP contribution is -2.02. The standard InChI is InChI=1S/C16H15ClO3/c1-10-7-12(16(18)19)3-4-13(10)9-20-14-5-6-15(17)11(2)8-14/h3-8H,9H2,1-2H3,(H,18,19). The van der Waals surface area contributed by atoms with Crippen LogP contribution in [0.1, 0.15) is 27.0 Å². The van der Waals surface area contributed by atoms with Gasteiger partial charge in [0.1, 0.15) is 12.4 Å². The Balaban J connectivity index is 2.10. The van der Waals surface area contributed by atoms with Gasteiger partial charge in [0.2, 0.25) is 0 Å². The zero-order chi connectivity index (χ0) is 14.7. The predicted octanol–water partition coefficient (Wildman–Crippen LogP) is 4.23. The Morgan fingerprint density at radius 1 is 1.15 bits per heavy atom. The first-order valence-electron chi connectivity index (χ1n) is 6.19. The summed E-state index contributed by atoms with van der Waals surface area (Å²) in [6.45, 7) is 4.19.